The Morgan fingerprint density at radius 1 is 0.761 bits per heavy atom. The van der Waals surface area contributed by atoms with E-state index in [9.17, 15) is 24.3 Å². The van der Waals surface area contributed by atoms with E-state index >= 15 is 0 Å². The second-order valence-electron chi connectivity index (χ2n) is 17.7. The lowest BCUT2D eigenvalue weighted by Crippen LogP contribution is -2.41. The van der Waals surface area contributed by atoms with Crippen molar-refractivity contribution in [3.8, 4) is 0 Å². The number of ether oxygens (including phenoxy) is 3. The molecule has 1 heterocycles. The number of hydrogen-bond donors (Lipinski definition) is 1. The summed E-state index contributed by atoms with van der Waals surface area (Å²) in [5.74, 6) is 3.10. The topological polar surface area (TPSA) is 116 Å². The van der Waals surface area contributed by atoms with Gasteiger partial charge in [0, 0.05) is 18.3 Å². The maximum Gasteiger partial charge on any atom is 0.312 e. The van der Waals surface area contributed by atoms with Crippen LogP contribution in [-0.2, 0) is 33.4 Å². The molecular formula is C38H56O8. The quantitative estimate of drug-likeness (QED) is 0.245. The zero-order valence-electron chi connectivity index (χ0n) is 28.4. The highest BCUT2D eigenvalue weighted by atomic mass is 16.7. The molecule has 8 nitrogen and oxygen atoms in total. The molecule has 6 aliphatic carbocycles. The lowest BCUT2D eigenvalue weighted by molar-refractivity contribution is -0.191. The highest BCUT2D eigenvalue weighted by Gasteiger charge is 2.60. The van der Waals surface area contributed by atoms with E-state index in [4.69, 9.17) is 14.2 Å². The minimum Gasteiger partial charge on any atom is -0.481 e. The van der Waals surface area contributed by atoms with Crippen molar-refractivity contribution in [1.82, 2.24) is 0 Å². The SMILES string of the molecule is CCC(C)(CC(C)(C)C(=O)CC1CC2CC1C1CC(C(=O)OC3CCCCO3)CC21)C(=O)OC1CC2CC1C1CC(C(=O)O)CC21. The summed E-state index contributed by atoms with van der Waals surface area (Å²) in [7, 11) is 0. The van der Waals surface area contributed by atoms with Gasteiger partial charge in [0.05, 0.1) is 23.9 Å². The fourth-order valence-electron chi connectivity index (χ4n) is 12.2. The molecule has 0 radical (unpaired) electrons. The highest BCUT2D eigenvalue weighted by Crippen LogP contribution is 2.64. The number of carboxylic acids is 1. The van der Waals surface area contributed by atoms with Gasteiger partial charge in [-0.05, 0) is 137 Å². The van der Waals surface area contributed by atoms with Gasteiger partial charge in [0.1, 0.15) is 11.9 Å². The Kier molecular flexibility index (Phi) is 8.62. The van der Waals surface area contributed by atoms with Crippen molar-refractivity contribution < 1.29 is 38.5 Å². The Morgan fingerprint density at radius 3 is 2.11 bits per heavy atom. The molecule has 14 unspecified atom stereocenters. The van der Waals surface area contributed by atoms with Crippen LogP contribution in [0.5, 0.6) is 0 Å². The summed E-state index contributed by atoms with van der Waals surface area (Å²) in [4.78, 5) is 52.4. The number of carboxylic acid groups (broad SMARTS) is 1. The second-order valence-corrected chi connectivity index (χ2v) is 17.7. The molecule has 0 aromatic carbocycles. The van der Waals surface area contributed by atoms with Gasteiger partial charge in [-0.2, -0.15) is 0 Å². The first-order chi connectivity index (χ1) is 21.9. The normalized spacial score (nSPS) is 43.6. The van der Waals surface area contributed by atoms with Crippen LogP contribution in [-0.4, -0.2) is 47.8 Å². The summed E-state index contributed by atoms with van der Waals surface area (Å²) in [6.07, 6.45) is 11.4. The number of esters is 2. The predicted octanol–water partition coefficient (Wildman–Crippen LogP) is 6.83. The predicted molar refractivity (Wildman–Crippen MR) is 169 cm³/mol. The lowest BCUT2D eigenvalue weighted by Gasteiger charge is -2.38. The van der Waals surface area contributed by atoms with Crippen LogP contribution < -0.4 is 0 Å². The standard InChI is InChI=1S/C38H56O8/c1-5-38(4,36(43)45-31-17-22-12-30(31)29-14-23(34(40)41)13-26(22)29)19-37(2,3)32(39)18-21-10-20-11-25(21)28-16-24(15-27(20)28)35(42)46-33-8-6-7-9-44-33/h20-31,33H,5-19H2,1-4H3,(H,40,41). The molecule has 7 aliphatic rings. The number of rotatable bonds is 11. The van der Waals surface area contributed by atoms with Gasteiger partial charge in [-0.1, -0.05) is 20.8 Å². The molecule has 1 N–H and O–H groups in total. The molecule has 0 spiro atoms. The van der Waals surface area contributed by atoms with Crippen LogP contribution in [0.2, 0.25) is 0 Å². The number of carbonyl (C=O) groups is 4. The molecule has 7 fully saturated rings. The van der Waals surface area contributed by atoms with E-state index < -0.39 is 16.8 Å². The number of carbonyl (C=O) groups excluding carboxylic acids is 3. The van der Waals surface area contributed by atoms with E-state index in [2.05, 4.69) is 0 Å². The summed E-state index contributed by atoms with van der Waals surface area (Å²) in [6.45, 7) is 8.67. The van der Waals surface area contributed by atoms with Crippen LogP contribution in [0.25, 0.3) is 0 Å². The molecule has 1 aliphatic heterocycles. The first-order valence-electron chi connectivity index (χ1n) is 18.7. The summed E-state index contributed by atoms with van der Waals surface area (Å²) >= 11 is 0. The smallest absolute Gasteiger partial charge is 0.312 e. The molecule has 0 aromatic heterocycles. The van der Waals surface area contributed by atoms with Crippen molar-refractivity contribution in [2.45, 2.75) is 130 Å². The number of ketones is 1. The van der Waals surface area contributed by atoms with Gasteiger partial charge >= 0.3 is 17.9 Å². The van der Waals surface area contributed by atoms with Gasteiger partial charge in [0.15, 0.2) is 0 Å². The fourth-order valence-corrected chi connectivity index (χ4v) is 12.2. The molecule has 8 heteroatoms. The van der Waals surface area contributed by atoms with Gasteiger partial charge in [-0.3, -0.25) is 19.2 Å². The van der Waals surface area contributed by atoms with Gasteiger partial charge in [0.25, 0.3) is 0 Å². The third kappa shape index (κ3) is 5.74. The van der Waals surface area contributed by atoms with Crippen molar-refractivity contribution in [3.63, 3.8) is 0 Å². The Balaban J connectivity index is 0.925. The van der Waals surface area contributed by atoms with Gasteiger partial charge in [-0.15, -0.1) is 0 Å². The number of fused-ring (bicyclic) bond motifs is 10. The molecule has 256 valence electrons. The van der Waals surface area contributed by atoms with Gasteiger partial charge < -0.3 is 19.3 Å². The van der Waals surface area contributed by atoms with E-state index in [-0.39, 0.29) is 47.9 Å². The minimum absolute atomic E-state index is 0.0405. The molecule has 0 amide bonds. The van der Waals surface area contributed by atoms with Crippen LogP contribution in [0.15, 0.2) is 0 Å². The van der Waals surface area contributed by atoms with Crippen LogP contribution in [0.3, 0.4) is 0 Å². The van der Waals surface area contributed by atoms with Crippen molar-refractivity contribution in [2.75, 3.05) is 6.61 Å². The number of aliphatic carboxylic acids is 1. The second kappa shape index (κ2) is 12.2. The van der Waals surface area contributed by atoms with E-state index in [1.54, 1.807) is 0 Å². The summed E-state index contributed by atoms with van der Waals surface area (Å²) in [5.41, 5.74) is -1.40. The van der Waals surface area contributed by atoms with E-state index in [0.717, 1.165) is 57.8 Å². The molecule has 1 saturated heterocycles. The number of hydrogen-bond acceptors (Lipinski definition) is 7. The van der Waals surface area contributed by atoms with E-state index in [1.165, 1.54) is 6.42 Å². The van der Waals surface area contributed by atoms with E-state index in [1.807, 2.05) is 27.7 Å². The Morgan fingerprint density at radius 2 is 1.41 bits per heavy atom. The largest absolute Gasteiger partial charge is 0.481 e. The highest BCUT2D eigenvalue weighted by molar-refractivity contribution is 5.86. The third-order valence-electron chi connectivity index (χ3n) is 14.6. The molecule has 6 saturated carbocycles. The molecule has 4 bridgehead atoms. The zero-order valence-corrected chi connectivity index (χ0v) is 28.4. The van der Waals surface area contributed by atoms with E-state index in [0.29, 0.717) is 79.6 Å². The monoisotopic (exact) mass is 640 g/mol. The average Bonchev–Trinajstić information content (AvgIpc) is 3.84. The van der Waals surface area contributed by atoms with Gasteiger partial charge in [0.2, 0.25) is 6.29 Å². The average molecular weight is 641 g/mol. The van der Waals surface area contributed by atoms with Gasteiger partial charge in [-0.25, -0.2) is 0 Å². The summed E-state index contributed by atoms with van der Waals surface area (Å²) in [5, 5.41) is 9.57. The first-order valence-corrected chi connectivity index (χ1v) is 18.7. The molecular weight excluding hydrogens is 584 g/mol. The van der Waals surface area contributed by atoms with Crippen molar-refractivity contribution in [2.24, 2.45) is 75.9 Å². The summed E-state index contributed by atoms with van der Waals surface area (Å²) in [6, 6.07) is 0. The molecule has 46 heavy (non-hydrogen) atoms. The maximum atomic E-state index is 14.0. The first kappa shape index (κ1) is 32.6. The Hall–Kier alpha value is -1.96. The Labute approximate surface area is 274 Å². The zero-order chi connectivity index (χ0) is 32.5. The molecule has 0 aromatic rings. The van der Waals surface area contributed by atoms with Crippen molar-refractivity contribution in [1.29, 1.82) is 0 Å². The van der Waals surface area contributed by atoms with Crippen molar-refractivity contribution in [3.05, 3.63) is 0 Å². The lowest BCUT2D eigenvalue weighted by atomic mass is 9.67. The molecule has 14 atom stereocenters. The third-order valence-corrected chi connectivity index (χ3v) is 14.6. The minimum atomic E-state index is -0.749. The fraction of sp³-hybridized carbons (Fsp3) is 0.895. The maximum absolute atomic E-state index is 14.0. The van der Waals surface area contributed by atoms with Crippen LogP contribution >= 0.6 is 0 Å². The van der Waals surface area contributed by atoms with Crippen LogP contribution in [0.4, 0.5) is 0 Å². The summed E-state index contributed by atoms with van der Waals surface area (Å²) < 4.78 is 17.7. The van der Waals surface area contributed by atoms with Crippen LogP contribution in [0, 0.1) is 75.9 Å². The Bertz CT molecular complexity index is 1220. The molecule has 7 rings (SSSR count). The number of Topliss-reactive ketones (excluding diaryl/α,β-unsaturated/α-hetero) is 1. The van der Waals surface area contributed by atoms with Crippen molar-refractivity contribution >= 4 is 23.7 Å². The van der Waals surface area contributed by atoms with Crippen LogP contribution in [0.1, 0.15) is 118 Å².